The molecule has 1 atom stereocenters. The van der Waals surface area contributed by atoms with Gasteiger partial charge in [0.2, 0.25) is 10.0 Å². The molecule has 0 aromatic heterocycles. The summed E-state index contributed by atoms with van der Waals surface area (Å²) in [7, 11) is -3.73. The zero-order valence-corrected chi connectivity index (χ0v) is 16.4. The van der Waals surface area contributed by atoms with E-state index in [1.165, 1.54) is 18.2 Å². The Bertz CT molecular complexity index is 879. The Labute approximate surface area is 160 Å². The number of nitrogens with zero attached hydrogens (tertiary/aromatic N) is 1. The highest BCUT2D eigenvalue weighted by molar-refractivity contribution is 7.89. The molecule has 0 saturated carbocycles. The van der Waals surface area contributed by atoms with Gasteiger partial charge in [0.05, 0.1) is 18.1 Å². The molecule has 1 N–H and O–H groups in total. The average molecular weight is 392 g/mol. The molecule has 1 unspecified atom stereocenters. The molecule has 1 fully saturated rings. The van der Waals surface area contributed by atoms with Gasteiger partial charge in [-0.3, -0.25) is 4.90 Å². The number of sulfonamides is 1. The third-order valence-corrected chi connectivity index (χ3v) is 6.43. The summed E-state index contributed by atoms with van der Waals surface area (Å²) in [4.78, 5) is 2.34. The average Bonchev–Trinajstić information content (AvgIpc) is 2.64. The van der Waals surface area contributed by atoms with E-state index in [0.717, 1.165) is 24.2 Å². The van der Waals surface area contributed by atoms with Crippen LogP contribution in [0.3, 0.4) is 0 Å². The van der Waals surface area contributed by atoms with E-state index in [1.807, 2.05) is 31.2 Å². The molecule has 0 aliphatic carbocycles. The number of hydrogen-bond acceptors (Lipinski definition) is 4. The van der Waals surface area contributed by atoms with Crippen LogP contribution in [0.1, 0.15) is 22.7 Å². The minimum atomic E-state index is -3.73. The largest absolute Gasteiger partial charge is 0.379 e. The number of aryl methyl sites for hydroxylation is 2. The Balaban J connectivity index is 1.82. The summed E-state index contributed by atoms with van der Waals surface area (Å²) in [6.45, 7) is 6.61. The molecule has 2 aromatic rings. The lowest BCUT2D eigenvalue weighted by Gasteiger charge is -2.35. The van der Waals surface area contributed by atoms with Crippen LogP contribution >= 0.6 is 0 Å². The van der Waals surface area contributed by atoms with E-state index >= 15 is 0 Å². The standard InChI is InChI=1S/C20H25FN2O3S/c1-15-3-5-17(6-4-15)19(23-9-11-26-12-10-23)14-22-27(24,25)20-8-7-18(21)13-16(20)2/h3-8,13,19,22H,9-12,14H2,1-2H3. The molecule has 3 rings (SSSR count). The fourth-order valence-corrected chi connectivity index (χ4v) is 4.58. The van der Waals surface area contributed by atoms with E-state index in [9.17, 15) is 12.8 Å². The predicted molar refractivity (Wildman–Crippen MR) is 103 cm³/mol. The Hall–Kier alpha value is -1.80. The van der Waals surface area contributed by atoms with Gasteiger partial charge in [-0.1, -0.05) is 29.8 Å². The van der Waals surface area contributed by atoms with Crippen LogP contribution in [0.5, 0.6) is 0 Å². The Morgan fingerprint density at radius 3 is 2.41 bits per heavy atom. The predicted octanol–water partition coefficient (Wildman–Crippen LogP) is 2.79. The number of halogens is 1. The molecule has 7 heteroatoms. The van der Waals surface area contributed by atoms with E-state index < -0.39 is 15.8 Å². The molecule has 27 heavy (non-hydrogen) atoms. The van der Waals surface area contributed by atoms with Crippen LogP contribution in [-0.2, 0) is 14.8 Å². The van der Waals surface area contributed by atoms with Crippen LogP contribution in [-0.4, -0.2) is 46.2 Å². The van der Waals surface area contributed by atoms with Crippen molar-refractivity contribution in [3.05, 3.63) is 65.0 Å². The molecule has 1 heterocycles. The third kappa shape index (κ3) is 4.93. The molecule has 1 aliphatic rings. The Kier molecular flexibility index (Phi) is 6.26. The number of hydrogen-bond donors (Lipinski definition) is 1. The van der Waals surface area contributed by atoms with Crippen LogP contribution < -0.4 is 4.72 Å². The van der Waals surface area contributed by atoms with Crippen LogP contribution in [0.25, 0.3) is 0 Å². The normalized spacial score (nSPS) is 17.0. The number of benzene rings is 2. The highest BCUT2D eigenvalue weighted by Crippen LogP contribution is 2.23. The van der Waals surface area contributed by atoms with Gasteiger partial charge < -0.3 is 4.74 Å². The number of nitrogens with one attached hydrogen (secondary N) is 1. The van der Waals surface area contributed by atoms with Crippen molar-refractivity contribution in [2.75, 3.05) is 32.8 Å². The van der Waals surface area contributed by atoms with Gasteiger partial charge in [0.15, 0.2) is 0 Å². The van der Waals surface area contributed by atoms with E-state index in [4.69, 9.17) is 4.74 Å². The molecule has 0 radical (unpaired) electrons. The fourth-order valence-electron chi connectivity index (χ4n) is 3.32. The van der Waals surface area contributed by atoms with E-state index in [-0.39, 0.29) is 17.5 Å². The summed E-state index contributed by atoms with van der Waals surface area (Å²) in [5.74, 6) is -0.447. The van der Waals surface area contributed by atoms with E-state index in [2.05, 4.69) is 9.62 Å². The minimum Gasteiger partial charge on any atom is -0.379 e. The highest BCUT2D eigenvalue weighted by Gasteiger charge is 2.25. The topological polar surface area (TPSA) is 58.6 Å². The summed E-state index contributed by atoms with van der Waals surface area (Å²) >= 11 is 0. The molecular weight excluding hydrogens is 367 g/mol. The first kappa shape index (κ1) is 19.9. The van der Waals surface area contributed by atoms with Crippen molar-refractivity contribution in [1.82, 2.24) is 9.62 Å². The lowest BCUT2D eigenvalue weighted by Crippen LogP contribution is -2.43. The molecular formula is C20H25FN2O3S. The van der Waals surface area contributed by atoms with Crippen molar-refractivity contribution in [1.29, 1.82) is 0 Å². The minimum absolute atomic E-state index is 0.0926. The van der Waals surface area contributed by atoms with Gasteiger partial charge in [-0.05, 0) is 43.2 Å². The molecule has 2 aromatic carbocycles. The van der Waals surface area contributed by atoms with Crippen molar-refractivity contribution >= 4 is 10.0 Å². The quantitative estimate of drug-likeness (QED) is 0.821. The maximum atomic E-state index is 13.3. The second-order valence-electron chi connectivity index (χ2n) is 6.84. The van der Waals surface area contributed by atoms with Gasteiger partial charge in [-0.15, -0.1) is 0 Å². The zero-order valence-electron chi connectivity index (χ0n) is 15.6. The highest BCUT2D eigenvalue weighted by atomic mass is 32.2. The first-order valence-electron chi connectivity index (χ1n) is 9.01. The summed E-state index contributed by atoms with van der Waals surface area (Å²) in [5, 5.41) is 0. The molecule has 0 bridgehead atoms. The van der Waals surface area contributed by atoms with Crippen molar-refractivity contribution < 1.29 is 17.5 Å². The van der Waals surface area contributed by atoms with Gasteiger partial charge in [-0.25, -0.2) is 17.5 Å². The van der Waals surface area contributed by atoms with Crippen LogP contribution in [0.2, 0.25) is 0 Å². The Morgan fingerprint density at radius 2 is 1.78 bits per heavy atom. The van der Waals surface area contributed by atoms with Crippen molar-refractivity contribution in [2.24, 2.45) is 0 Å². The van der Waals surface area contributed by atoms with Crippen LogP contribution in [0.4, 0.5) is 4.39 Å². The SMILES string of the molecule is Cc1ccc(C(CNS(=O)(=O)c2ccc(F)cc2C)N2CCOCC2)cc1. The molecule has 1 aliphatic heterocycles. The maximum absolute atomic E-state index is 13.3. The lowest BCUT2D eigenvalue weighted by molar-refractivity contribution is 0.0172. The van der Waals surface area contributed by atoms with Crippen molar-refractivity contribution in [3.8, 4) is 0 Å². The van der Waals surface area contributed by atoms with E-state index in [0.29, 0.717) is 18.8 Å². The van der Waals surface area contributed by atoms with Gasteiger partial charge >= 0.3 is 0 Å². The van der Waals surface area contributed by atoms with E-state index in [1.54, 1.807) is 6.92 Å². The molecule has 0 spiro atoms. The number of morpholine rings is 1. The molecule has 1 saturated heterocycles. The second-order valence-corrected chi connectivity index (χ2v) is 8.57. The molecule has 0 amide bonds. The smallest absolute Gasteiger partial charge is 0.240 e. The summed E-state index contributed by atoms with van der Waals surface area (Å²) in [6, 6.07) is 11.7. The summed E-state index contributed by atoms with van der Waals surface area (Å²) < 4.78 is 47.0. The zero-order chi connectivity index (χ0) is 19.4. The Morgan fingerprint density at radius 1 is 1.11 bits per heavy atom. The fraction of sp³-hybridized carbons (Fsp3) is 0.400. The first-order valence-corrected chi connectivity index (χ1v) is 10.5. The molecule has 5 nitrogen and oxygen atoms in total. The van der Waals surface area contributed by atoms with Gasteiger partial charge in [0.25, 0.3) is 0 Å². The van der Waals surface area contributed by atoms with Crippen molar-refractivity contribution in [2.45, 2.75) is 24.8 Å². The third-order valence-electron chi connectivity index (χ3n) is 4.84. The second kappa shape index (κ2) is 8.48. The monoisotopic (exact) mass is 392 g/mol. The van der Waals surface area contributed by atoms with Gasteiger partial charge in [0.1, 0.15) is 5.82 Å². The first-order chi connectivity index (χ1) is 12.9. The van der Waals surface area contributed by atoms with Gasteiger partial charge in [0, 0.05) is 25.7 Å². The maximum Gasteiger partial charge on any atom is 0.240 e. The molecule has 146 valence electrons. The number of rotatable bonds is 6. The van der Waals surface area contributed by atoms with Gasteiger partial charge in [-0.2, -0.15) is 0 Å². The van der Waals surface area contributed by atoms with Crippen LogP contribution in [0, 0.1) is 19.7 Å². The summed E-state index contributed by atoms with van der Waals surface area (Å²) in [5.41, 5.74) is 2.60. The summed E-state index contributed by atoms with van der Waals surface area (Å²) in [6.07, 6.45) is 0. The van der Waals surface area contributed by atoms with Crippen LogP contribution in [0.15, 0.2) is 47.4 Å². The van der Waals surface area contributed by atoms with Crippen molar-refractivity contribution in [3.63, 3.8) is 0 Å². The number of ether oxygens (including phenoxy) is 1. The lowest BCUT2D eigenvalue weighted by atomic mass is 10.0.